The monoisotopic (exact) mass is 925 g/mol. The molecular weight excluding hydrogens is 817 g/mol. The molecule has 0 fully saturated rings. The molecule has 0 aliphatic heterocycles. The Morgan fingerprint density at radius 3 is 0.864 bits per heavy atom. The van der Waals surface area contributed by atoms with Crippen LogP contribution in [0.2, 0.25) is 0 Å². The predicted molar refractivity (Wildman–Crippen MR) is 284 cm³/mol. The molecule has 0 rings (SSSR count). The summed E-state index contributed by atoms with van der Waals surface area (Å²) in [5.74, 6) is -0.874. The van der Waals surface area contributed by atoms with Gasteiger partial charge in [0, 0.05) is 19.3 Å². The summed E-state index contributed by atoms with van der Waals surface area (Å²) in [6.45, 7) is 6.61. The van der Waals surface area contributed by atoms with E-state index >= 15 is 0 Å². The second-order valence-corrected chi connectivity index (χ2v) is 19.2. The van der Waals surface area contributed by atoms with Gasteiger partial charge in [0.15, 0.2) is 6.10 Å². The third-order valence-corrected chi connectivity index (χ3v) is 12.6. The van der Waals surface area contributed by atoms with E-state index in [2.05, 4.69) is 69.4 Å². The van der Waals surface area contributed by atoms with Crippen molar-refractivity contribution >= 4 is 17.9 Å². The van der Waals surface area contributed by atoms with Crippen LogP contribution in [0.25, 0.3) is 0 Å². The van der Waals surface area contributed by atoms with Gasteiger partial charge in [0.05, 0.1) is 0 Å². The maximum Gasteiger partial charge on any atom is 0.306 e. The summed E-state index contributed by atoms with van der Waals surface area (Å²) >= 11 is 0. The first kappa shape index (κ1) is 63.4. The molecule has 1 unspecified atom stereocenters. The van der Waals surface area contributed by atoms with Crippen molar-refractivity contribution in [2.45, 2.75) is 303 Å². The fourth-order valence-electron chi connectivity index (χ4n) is 8.21. The zero-order valence-electron chi connectivity index (χ0n) is 44.0. The van der Waals surface area contributed by atoms with Crippen molar-refractivity contribution in [1.29, 1.82) is 0 Å². The van der Waals surface area contributed by atoms with Gasteiger partial charge in [-0.25, -0.2) is 0 Å². The molecule has 0 bridgehead atoms. The number of ether oxygens (including phenoxy) is 3. The van der Waals surface area contributed by atoms with Crippen molar-refractivity contribution in [2.24, 2.45) is 0 Å². The number of rotatable bonds is 52. The van der Waals surface area contributed by atoms with Crippen molar-refractivity contribution in [3.8, 4) is 0 Å². The molecule has 0 radical (unpaired) electrons. The fourth-order valence-corrected chi connectivity index (χ4v) is 8.21. The first-order valence-electron chi connectivity index (χ1n) is 28.6. The molecule has 0 aromatic carbocycles. The number of allylic oxidation sites excluding steroid dienone is 8. The Hall–Kier alpha value is -2.63. The standard InChI is InChI=1S/C60H108O6/c1-4-7-10-13-16-19-22-25-27-29-30-32-33-35-38-41-44-47-50-53-59(62)65-56-57(55-64-58(61)52-49-46-43-40-37-24-21-18-15-12-9-6-3)66-60(63)54-51-48-45-42-39-36-34-31-28-26-23-20-17-14-11-8-5-2/h16-17,19-20,25-28,57H,4-15,18,21-24,29-56H2,1-3H3/b19-16-,20-17-,27-25-,28-26-. The van der Waals surface area contributed by atoms with Crippen molar-refractivity contribution in [2.75, 3.05) is 13.2 Å². The van der Waals surface area contributed by atoms with E-state index in [9.17, 15) is 14.4 Å². The van der Waals surface area contributed by atoms with Crippen LogP contribution in [0.15, 0.2) is 48.6 Å². The lowest BCUT2D eigenvalue weighted by molar-refractivity contribution is -0.167. The number of esters is 3. The van der Waals surface area contributed by atoms with Crippen LogP contribution in [0.1, 0.15) is 297 Å². The van der Waals surface area contributed by atoms with Crippen molar-refractivity contribution in [3.63, 3.8) is 0 Å². The van der Waals surface area contributed by atoms with Gasteiger partial charge in [-0.05, 0) is 83.5 Å². The first-order chi connectivity index (χ1) is 32.5. The number of hydrogen-bond acceptors (Lipinski definition) is 6. The minimum atomic E-state index is -0.776. The Labute approximate surface area is 409 Å². The lowest BCUT2D eigenvalue weighted by atomic mass is 10.0. The number of hydrogen-bond donors (Lipinski definition) is 0. The molecule has 0 aromatic rings. The second kappa shape index (κ2) is 55.0. The summed E-state index contributed by atoms with van der Waals surface area (Å²) in [6, 6.07) is 0. The lowest BCUT2D eigenvalue weighted by Crippen LogP contribution is -2.30. The zero-order chi connectivity index (χ0) is 47.9. The van der Waals surface area contributed by atoms with Gasteiger partial charge >= 0.3 is 17.9 Å². The third kappa shape index (κ3) is 52.3. The third-order valence-electron chi connectivity index (χ3n) is 12.6. The second-order valence-electron chi connectivity index (χ2n) is 19.2. The summed E-state index contributed by atoms with van der Waals surface area (Å²) in [6.07, 6.45) is 66.6. The SMILES string of the molecule is CCCCC/C=C\C/C=C\CCCCCCCCCCCC(=O)OCC(COC(=O)CCCCCCCCCCCCCC)OC(=O)CCCCCCCCC/C=C\C/C=C\CCCCC. The molecular formula is C60H108O6. The number of unbranched alkanes of at least 4 members (excludes halogenated alkanes) is 33. The Morgan fingerprint density at radius 2 is 0.545 bits per heavy atom. The highest BCUT2D eigenvalue weighted by molar-refractivity contribution is 5.71. The van der Waals surface area contributed by atoms with E-state index in [0.717, 1.165) is 77.0 Å². The molecule has 0 saturated carbocycles. The van der Waals surface area contributed by atoms with Gasteiger partial charge in [-0.1, -0.05) is 243 Å². The molecule has 0 N–H and O–H groups in total. The van der Waals surface area contributed by atoms with E-state index in [0.29, 0.717) is 19.3 Å². The largest absolute Gasteiger partial charge is 0.462 e. The van der Waals surface area contributed by atoms with Gasteiger partial charge in [-0.2, -0.15) is 0 Å². The minimum absolute atomic E-state index is 0.0748. The van der Waals surface area contributed by atoms with E-state index < -0.39 is 6.10 Å². The van der Waals surface area contributed by atoms with Crippen LogP contribution in [-0.2, 0) is 28.6 Å². The van der Waals surface area contributed by atoms with E-state index in [1.54, 1.807) is 0 Å². The topological polar surface area (TPSA) is 78.9 Å². The summed E-state index contributed by atoms with van der Waals surface area (Å²) in [5.41, 5.74) is 0. The molecule has 0 saturated heterocycles. The first-order valence-corrected chi connectivity index (χ1v) is 28.6. The lowest BCUT2D eigenvalue weighted by Gasteiger charge is -2.18. The van der Waals surface area contributed by atoms with Gasteiger partial charge in [-0.15, -0.1) is 0 Å². The number of carbonyl (C=O) groups is 3. The minimum Gasteiger partial charge on any atom is -0.462 e. The van der Waals surface area contributed by atoms with E-state index in [1.807, 2.05) is 0 Å². The van der Waals surface area contributed by atoms with Gasteiger partial charge in [-0.3, -0.25) is 14.4 Å². The Bertz CT molecular complexity index is 1150. The molecule has 0 aliphatic carbocycles. The molecule has 1 atom stereocenters. The van der Waals surface area contributed by atoms with Crippen LogP contribution < -0.4 is 0 Å². The molecule has 6 nitrogen and oxygen atoms in total. The summed E-state index contributed by atoms with van der Waals surface area (Å²) < 4.78 is 16.9. The van der Waals surface area contributed by atoms with Crippen LogP contribution in [0.4, 0.5) is 0 Å². The van der Waals surface area contributed by atoms with E-state index in [4.69, 9.17) is 14.2 Å². The Kier molecular flexibility index (Phi) is 52.8. The normalized spacial score (nSPS) is 12.3. The van der Waals surface area contributed by atoms with Crippen molar-refractivity contribution in [3.05, 3.63) is 48.6 Å². The van der Waals surface area contributed by atoms with Crippen LogP contribution in [0.3, 0.4) is 0 Å². The molecule has 0 amide bonds. The molecule has 384 valence electrons. The predicted octanol–water partition coefficient (Wildman–Crippen LogP) is 19.0. The highest BCUT2D eigenvalue weighted by Gasteiger charge is 2.19. The summed E-state index contributed by atoms with van der Waals surface area (Å²) in [4.78, 5) is 38.1. The van der Waals surface area contributed by atoms with Crippen LogP contribution in [0, 0.1) is 0 Å². The Balaban J connectivity index is 4.34. The average molecular weight is 926 g/mol. The van der Waals surface area contributed by atoms with Crippen molar-refractivity contribution < 1.29 is 28.6 Å². The molecule has 66 heavy (non-hydrogen) atoms. The highest BCUT2D eigenvalue weighted by Crippen LogP contribution is 2.16. The van der Waals surface area contributed by atoms with Gasteiger partial charge in [0.2, 0.25) is 0 Å². The molecule has 6 heteroatoms. The zero-order valence-corrected chi connectivity index (χ0v) is 44.0. The molecule has 0 heterocycles. The van der Waals surface area contributed by atoms with Gasteiger partial charge in [0.25, 0.3) is 0 Å². The van der Waals surface area contributed by atoms with Gasteiger partial charge < -0.3 is 14.2 Å². The summed E-state index contributed by atoms with van der Waals surface area (Å²) in [5, 5.41) is 0. The van der Waals surface area contributed by atoms with E-state index in [-0.39, 0.29) is 31.1 Å². The van der Waals surface area contributed by atoms with Gasteiger partial charge in [0.1, 0.15) is 13.2 Å². The average Bonchev–Trinajstić information content (AvgIpc) is 3.31. The van der Waals surface area contributed by atoms with Crippen molar-refractivity contribution in [1.82, 2.24) is 0 Å². The Morgan fingerprint density at radius 1 is 0.303 bits per heavy atom. The smallest absolute Gasteiger partial charge is 0.306 e. The molecule has 0 spiro atoms. The maximum atomic E-state index is 12.8. The number of carbonyl (C=O) groups excluding carboxylic acids is 3. The molecule has 0 aliphatic rings. The van der Waals surface area contributed by atoms with Crippen LogP contribution >= 0.6 is 0 Å². The van der Waals surface area contributed by atoms with E-state index in [1.165, 1.54) is 180 Å². The fraction of sp³-hybridized carbons (Fsp3) is 0.817. The maximum absolute atomic E-state index is 12.8. The quantitative estimate of drug-likeness (QED) is 0.0262. The highest BCUT2D eigenvalue weighted by atomic mass is 16.6. The van der Waals surface area contributed by atoms with Crippen LogP contribution in [0.5, 0.6) is 0 Å². The summed E-state index contributed by atoms with van der Waals surface area (Å²) in [7, 11) is 0. The molecule has 0 aromatic heterocycles. The van der Waals surface area contributed by atoms with Crippen LogP contribution in [-0.4, -0.2) is 37.2 Å².